The van der Waals surface area contributed by atoms with E-state index in [1.54, 1.807) is 12.1 Å². The average molecular weight is 237 g/mol. The minimum absolute atomic E-state index is 0.319. The average Bonchev–Trinajstić information content (AvgIpc) is 2.34. The second kappa shape index (κ2) is 7.96. The number of hydrogen-bond acceptors (Lipinski definition) is 3. The number of anilines is 1. The van der Waals surface area contributed by atoms with Crippen molar-refractivity contribution in [3.05, 3.63) is 24.3 Å². The molecule has 1 aromatic rings. The fourth-order valence-corrected chi connectivity index (χ4v) is 1.81. The molecule has 0 radical (unpaired) electrons. The SMILES string of the molecule is CCCN(CCCOCC)c1ccc(O)cc1. The van der Waals surface area contributed by atoms with Crippen molar-refractivity contribution in [2.75, 3.05) is 31.2 Å². The largest absolute Gasteiger partial charge is 0.508 e. The Balaban J connectivity index is 2.49. The summed E-state index contributed by atoms with van der Waals surface area (Å²) >= 11 is 0. The number of aromatic hydroxyl groups is 1. The topological polar surface area (TPSA) is 32.7 Å². The Hall–Kier alpha value is -1.22. The van der Waals surface area contributed by atoms with Gasteiger partial charge in [0.1, 0.15) is 5.75 Å². The van der Waals surface area contributed by atoms with Crippen LogP contribution in [0.4, 0.5) is 5.69 Å². The molecule has 3 heteroatoms. The first kappa shape index (κ1) is 13.8. The Bertz CT molecular complexity index is 298. The molecule has 0 saturated carbocycles. The van der Waals surface area contributed by atoms with E-state index < -0.39 is 0 Å². The lowest BCUT2D eigenvalue weighted by Gasteiger charge is -2.24. The third kappa shape index (κ3) is 5.09. The van der Waals surface area contributed by atoms with Crippen molar-refractivity contribution in [1.82, 2.24) is 0 Å². The van der Waals surface area contributed by atoms with Crippen LogP contribution >= 0.6 is 0 Å². The predicted molar refractivity (Wildman–Crippen MR) is 71.7 cm³/mol. The summed E-state index contributed by atoms with van der Waals surface area (Å²) in [7, 11) is 0. The summed E-state index contributed by atoms with van der Waals surface area (Å²) in [5.74, 6) is 0.319. The molecule has 0 heterocycles. The van der Waals surface area contributed by atoms with Gasteiger partial charge in [-0.1, -0.05) is 6.92 Å². The minimum atomic E-state index is 0.319. The van der Waals surface area contributed by atoms with Crippen LogP contribution in [0, 0.1) is 0 Å². The van der Waals surface area contributed by atoms with E-state index in [4.69, 9.17) is 4.74 Å². The molecule has 0 unspecified atom stereocenters. The molecule has 0 aromatic heterocycles. The van der Waals surface area contributed by atoms with Crippen LogP contribution in [0.5, 0.6) is 5.75 Å². The zero-order valence-electron chi connectivity index (χ0n) is 10.9. The molecule has 0 aliphatic carbocycles. The molecular formula is C14H23NO2. The molecule has 1 aromatic carbocycles. The summed E-state index contributed by atoms with van der Waals surface area (Å²) in [6.45, 7) is 7.83. The Labute approximate surface area is 104 Å². The Morgan fingerprint density at radius 3 is 2.41 bits per heavy atom. The lowest BCUT2D eigenvalue weighted by molar-refractivity contribution is 0.146. The monoisotopic (exact) mass is 237 g/mol. The molecule has 1 rings (SSSR count). The van der Waals surface area contributed by atoms with Crippen LogP contribution < -0.4 is 4.90 Å². The van der Waals surface area contributed by atoms with Gasteiger partial charge in [-0.05, 0) is 44.0 Å². The van der Waals surface area contributed by atoms with Crippen LogP contribution in [-0.2, 0) is 4.74 Å². The molecule has 96 valence electrons. The van der Waals surface area contributed by atoms with Gasteiger partial charge in [0, 0.05) is 32.0 Å². The number of ether oxygens (including phenoxy) is 1. The van der Waals surface area contributed by atoms with E-state index in [0.29, 0.717) is 5.75 Å². The van der Waals surface area contributed by atoms with Crippen molar-refractivity contribution < 1.29 is 9.84 Å². The fourth-order valence-electron chi connectivity index (χ4n) is 1.81. The van der Waals surface area contributed by atoms with Gasteiger partial charge < -0.3 is 14.7 Å². The highest BCUT2D eigenvalue weighted by atomic mass is 16.5. The summed E-state index contributed by atoms with van der Waals surface area (Å²) < 4.78 is 5.35. The summed E-state index contributed by atoms with van der Waals surface area (Å²) in [4.78, 5) is 2.33. The second-order valence-electron chi connectivity index (χ2n) is 4.05. The summed E-state index contributed by atoms with van der Waals surface area (Å²) in [5, 5.41) is 9.28. The number of phenols is 1. The molecule has 0 bridgehead atoms. The summed E-state index contributed by atoms with van der Waals surface area (Å²) in [5.41, 5.74) is 1.17. The van der Waals surface area contributed by atoms with E-state index in [-0.39, 0.29) is 0 Å². The molecule has 0 saturated heterocycles. The van der Waals surface area contributed by atoms with Crippen LogP contribution in [0.15, 0.2) is 24.3 Å². The normalized spacial score (nSPS) is 10.5. The van der Waals surface area contributed by atoms with E-state index in [9.17, 15) is 5.11 Å². The van der Waals surface area contributed by atoms with Gasteiger partial charge in [-0.15, -0.1) is 0 Å². The number of benzene rings is 1. The number of nitrogens with zero attached hydrogens (tertiary/aromatic N) is 1. The highest BCUT2D eigenvalue weighted by molar-refractivity contribution is 5.48. The standard InChI is InChI=1S/C14H23NO2/c1-3-10-15(11-5-12-17-4-2)13-6-8-14(16)9-7-13/h6-9,16H,3-5,10-12H2,1-2H3. The van der Waals surface area contributed by atoms with Crippen molar-refractivity contribution in [2.45, 2.75) is 26.7 Å². The van der Waals surface area contributed by atoms with Crippen molar-refractivity contribution in [3.8, 4) is 5.75 Å². The first-order chi connectivity index (χ1) is 8.27. The maximum Gasteiger partial charge on any atom is 0.115 e. The van der Waals surface area contributed by atoms with Crippen molar-refractivity contribution in [2.24, 2.45) is 0 Å². The molecule has 0 spiro atoms. The van der Waals surface area contributed by atoms with E-state index in [2.05, 4.69) is 11.8 Å². The maximum absolute atomic E-state index is 9.28. The highest BCUT2D eigenvalue weighted by Crippen LogP contribution is 2.18. The lowest BCUT2D eigenvalue weighted by Crippen LogP contribution is -2.26. The molecule has 0 amide bonds. The number of hydrogen-bond donors (Lipinski definition) is 1. The van der Waals surface area contributed by atoms with Gasteiger partial charge in [0.05, 0.1) is 0 Å². The van der Waals surface area contributed by atoms with Gasteiger partial charge in [0.25, 0.3) is 0 Å². The van der Waals surface area contributed by atoms with Gasteiger partial charge in [-0.2, -0.15) is 0 Å². The minimum Gasteiger partial charge on any atom is -0.508 e. The molecule has 0 fully saturated rings. The third-order valence-electron chi connectivity index (χ3n) is 2.63. The van der Waals surface area contributed by atoms with E-state index in [1.165, 1.54) is 5.69 Å². The van der Waals surface area contributed by atoms with Crippen LogP contribution in [0.2, 0.25) is 0 Å². The zero-order valence-corrected chi connectivity index (χ0v) is 10.9. The lowest BCUT2D eigenvalue weighted by atomic mass is 10.2. The molecule has 0 atom stereocenters. The van der Waals surface area contributed by atoms with E-state index in [1.807, 2.05) is 19.1 Å². The smallest absolute Gasteiger partial charge is 0.115 e. The first-order valence-electron chi connectivity index (χ1n) is 6.39. The molecule has 1 N–H and O–H groups in total. The predicted octanol–water partition coefficient (Wildman–Crippen LogP) is 3.04. The quantitative estimate of drug-likeness (QED) is 0.705. The molecule has 0 aliphatic rings. The van der Waals surface area contributed by atoms with Gasteiger partial charge in [-0.25, -0.2) is 0 Å². The van der Waals surface area contributed by atoms with E-state index in [0.717, 1.165) is 39.1 Å². The number of phenolic OH excluding ortho intramolecular Hbond substituents is 1. The van der Waals surface area contributed by atoms with Crippen molar-refractivity contribution >= 4 is 5.69 Å². The Morgan fingerprint density at radius 1 is 1.12 bits per heavy atom. The van der Waals surface area contributed by atoms with Crippen LogP contribution in [0.25, 0.3) is 0 Å². The molecular weight excluding hydrogens is 214 g/mol. The van der Waals surface area contributed by atoms with Gasteiger partial charge in [0.15, 0.2) is 0 Å². The number of rotatable bonds is 8. The molecule has 0 aliphatic heterocycles. The van der Waals surface area contributed by atoms with Gasteiger partial charge >= 0.3 is 0 Å². The molecule has 17 heavy (non-hydrogen) atoms. The van der Waals surface area contributed by atoms with Gasteiger partial charge in [0.2, 0.25) is 0 Å². The Morgan fingerprint density at radius 2 is 1.82 bits per heavy atom. The fraction of sp³-hybridized carbons (Fsp3) is 0.571. The second-order valence-corrected chi connectivity index (χ2v) is 4.05. The molecule has 3 nitrogen and oxygen atoms in total. The summed E-state index contributed by atoms with van der Waals surface area (Å²) in [6.07, 6.45) is 2.16. The Kier molecular flexibility index (Phi) is 6.48. The first-order valence-corrected chi connectivity index (χ1v) is 6.39. The third-order valence-corrected chi connectivity index (χ3v) is 2.63. The van der Waals surface area contributed by atoms with Crippen LogP contribution in [0.3, 0.4) is 0 Å². The van der Waals surface area contributed by atoms with E-state index >= 15 is 0 Å². The van der Waals surface area contributed by atoms with Crippen LogP contribution in [0.1, 0.15) is 26.7 Å². The maximum atomic E-state index is 9.28. The van der Waals surface area contributed by atoms with Gasteiger partial charge in [-0.3, -0.25) is 0 Å². The summed E-state index contributed by atoms with van der Waals surface area (Å²) in [6, 6.07) is 7.40. The van der Waals surface area contributed by atoms with Crippen LogP contribution in [-0.4, -0.2) is 31.4 Å². The highest BCUT2D eigenvalue weighted by Gasteiger charge is 2.04. The zero-order chi connectivity index (χ0) is 12.5. The van der Waals surface area contributed by atoms with Crippen molar-refractivity contribution in [1.29, 1.82) is 0 Å². The van der Waals surface area contributed by atoms with Crippen molar-refractivity contribution in [3.63, 3.8) is 0 Å².